The van der Waals surface area contributed by atoms with E-state index in [0.29, 0.717) is 6.04 Å². The van der Waals surface area contributed by atoms with Gasteiger partial charge in [0.25, 0.3) is 0 Å². The normalized spacial score (nSPS) is 13.1. The summed E-state index contributed by atoms with van der Waals surface area (Å²) in [6.45, 7) is 6.94. The topological polar surface area (TPSA) is 35.8 Å². The average molecular weight is 295 g/mol. The summed E-state index contributed by atoms with van der Waals surface area (Å²) in [6.07, 6.45) is 0.863. The van der Waals surface area contributed by atoms with Crippen molar-refractivity contribution in [2.45, 2.75) is 33.2 Å². The maximum atomic E-state index is 8.93. The van der Waals surface area contributed by atoms with E-state index in [0.717, 1.165) is 17.4 Å². The Hall–Kier alpha value is -0.850. The van der Waals surface area contributed by atoms with Gasteiger partial charge in [-0.25, -0.2) is 0 Å². The van der Waals surface area contributed by atoms with Gasteiger partial charge in [0.15, 0.2) is 0 Å². The molecule has 0 aliphatic carbocycles. The first-order valence-electron chi connectivity index (χ1n) is 5.85. The van der Waals surface area contributed by atoms with E-state index in [9.17, 15) is 0 Å². The van der Waals surface area contributed by atoms with Crippen LogP contribution in [0.4, 0.5) is 0 Å². The van der Waals surface area contributed by atoms with E-state index in [1.807, 2.05) is 26.0 Å². The molecule has 0 saturated carbocycles. The molecule has 1 atom stereocenters. The van der Waals surface area contributed by atoms with Gasteiger partial charge in [0.1, 0.15) is 0 Å². The minimum atomic E-state index is -0.246. The summed E-state index contributed by atoms with van der Waals surface area (Å²) in [5.74, 6) is 0. The van der Waals surface area contributed by atoms with Gasteiger partial charge in [-0.2, -0.15) is 5.26 Å². The van der Waals surface area contributed by atoms with Crippen molar-refractivity contribution in [3.05, 3.63) is 34.3 Å². The zero-order valence-electron chi connectivity index (χ0n) is 10.6. The van der Waals surface area contributed by atoms with Gasteiger partial charge in [0, 0.05) is 10.5 Å². The van der Waals surface area contributed by atoms with Gasteiger partial charge in [0.05, 0.1) is 11.5 Å². The van der Waals surface area contributed by atoms with Gasteiger partial charge >= 0.3 is 0 Å². The van der Waals surface area contributed by atoms with Crippen molar-refractivity contribution in [1.29, 1.82) is 5.26 Å². The fraction of sp³-hybridized carbons (Fsp3) is 0.500. The minimum Gasteiger partial charge on any atom is -0.310 e. The van der Waals surface area contributed by atoms with Crippen molar-refractivity contribution >= 4 is 15.9 Å². The van der Waals surface area contributed by atoms with Gasteiger partial charge in [-0.1, -0.05) is 28.1 Å². The van der Waals surface area contributed by atoms with Crippen LogP contribution in [-0.2, 0) is 0 Å². The molecular formula is C14H19BrN2. The standard InChI is InChI=1S/C14H19BrN2/c1-11(12-5-4-6-13(15)9-12)17-8-7-14(2,3)10-16/h4-6,9,11,17H,7-8H2,1-3H3. The van der Waals surface area contributed by atoms with Crippen LogP contribution in [0.15, 0.2) is 28.7 Å². The fourth-order valence-corrected chi connectivity index (χ4v) is 1.97. The lowest BCUT2D eigenvalue weighted by atomic mass is 9.91. The molecule has 1 rings (SSSR count). The zero-order chi connectivity index (χ0) is 12.9. The van der Waals surface area contributed by atoms with Gasteiger partial charge in [-0.15, -0.1) is 0 Å². The van der Waals surface area contributed by atoms with Crippen LogP contribution in [0.25, 0.3) is 0 Å². The number of hydrogen-bond acceptors (Lipinski definition) is 2. The molecule has 1 N–H and O–H groups in total. The summed E-state index contributed by atoms with van der Waals surface area (Å²) in [6, 6.07) is 10.9. The van der Waals surface area contributed by atoms with Crippen LogP contribution >= 0.6 is 15.9 Å². The van der Waals surface area contributed by atoms with Crippen LogP contribution in [0.5, 0.6) is 0 Å². The van der Waals surface area contributed by atoms with Crippen molar-refractivity contribution in [1.82, 2.24) is 5.32 Å². The van der Waals surface area contributed by atoms with Crippen LogP contribution in [-0.4, -0.2) is 6.54 Å². The molecule has 0 aliphatic heterocycles. The van der Waals surface area contributed by atoms with E-state index in [4.69, 9.17) is 5.26 Å². The smallest absolute Gasteiger partial charge is 0.0684 e. The Morgan fingerprint density at radius 3 is 2.76 bits per heavy atom. The second kappa shape index (κ2) is 6.18. The lowest BCUT2D eigenvalue weighted by Gasteiger charge is -2.19. The molecule has 3 heteroatoms. The quantitative estimate of drug-likeness (QED) is 0.890. The van der Waals surface area contributed by atoms with E-state index >= 15 is 0 Å². The second-order valence-electron chi connectivity index (χ2n) is 4.98. The average Bonchev–Trinajstić information content (AvgIpc) is 2.28. The molecule has 0 aliphatic rings. The van der Waals surface area contributed by atoms with Crippen molar-refractivity contribution in [2.24, 2.45) is 5.41 Å². The summed E-state index contributed by atoms with van der Waals surface area (Å²) < 4.78 is 1.10. The maximum absolute atomic E-state index is 8.93. The van der Waals surface area contributed by atoms with E-state index in [1.165, 1.54) is 5.56 Å². The maximum Gasteiger partial charge on any atom is 0.0684 e. The van der Waals surface area contributed by atoms with Crippen molar-refractivity contribution < 1.29 is 0 Å². The van der Waals surface area contributed by atoms with E-state index in [2.05, 4.69) is 46.4 Å². The first-order valence-corrected chi connectivity index (χ1v) is 6.64. The number of nitriles is 1. The highest BCUT2D eigenvalue weighted by Crippen LogP contribution is 2.20. The second-order valence-corrected chi connectivity index (χ2v) is 5.89. The number of benzene rings is 1. The molecule has 92 valence electrons. The third-order valence-electron chi connectivity index (χ3n) is 2.85. The first kappa shape index (κ1) is 14.2. The Labute approximate surface area is 112 Å². The monoisotopic (exact) mass is 294 g/mol. The highest BCUT2D eigenvalue weighted by Gasteiger charge is 2.16. The van der Waals surface area contributed by atoms with E-state index < -0.39 is 0 Å². The predicted octanol–water partition coefficient (Wildman–Crippen LogP) is 4.04. The molecule has 1 unspecified atom stereocenters. The SMILES string of the molecule is CC(NCCC(C)(C)C#N)c1cccc(Br)c1. The Morgan fingerprint density at radius 2 is 2.18 bits per heavy atom. The summed E-state index contributed by atoms with van der Waals surface area (Å²) in [4.78, 5) is 0. The first-order chi connectivity index (χ1) is 7.94. The summed E-state index contributed by atoms with van der Waals surface area (Å²) in [7, 11) is 0. The van der Waals surface area contributed by atoms with Gasteiger partial charge in [0.2, 0.25) is 0 Å². The number of nitrogens with one attached hydrogen (secondary N) is 1. The molecule has 0 heterocycles. The Bertz CT molecular complexity index is 407. The molecule has 0 saturated heterocycles. The molecule has 0 spiro atoms. The van der Waals surface area contributed by atoms with Crippen molar-refractivity contribution in [2.75, 3.05) is 6.54 Å². The minimum absolute atomic E-state index is 0.246. The predicted molar refractivity (Wildman–Crippen MR) is 74.6 cm³/mol. The molecule has 1 aromatic carbocycles. The number of rotatable bonds is 5. The van der Waals surface area contributed by atoms with Gasteiger partial charge in [-0.3, -0.25) is 0 Å². The van der Waals surface area contributed by atoms with Gasteiger partial charge in [-0.05, 0) is 51.4 Å². The molecule has 1 aromatic rings. The molecular weight excluding hydrogens is 276 g/mol. The molecule has 0 radical (unpaired) electrons. The van der Waals surface area contributed by atoms with Crippen LogP contribution in [0.3, 0.4) is 0 Å². The largest absolute Gasteiger partial charge is 0.310 e. The molecule has 2 nitrogen and oxygen atoms in total. The van der Waals surface area contributed by atoms with Crippen molar-refractivity contribution in [3.8, 4) is 6.07 Å². The van der Waals surface area contributed by atoms with Crippen LogP contribution in [0, 0.1) is 16.7 Å². The summed E-state index contributed by atoms with van der Waals surface area (Å²) in [5.41, 5.74) is 1.01. The molecule has 0 aromatic heterocycles. The highest BCUT2D eigenvalue weighted by atomic mass is 79.9. The lowest BCUT2D eigenvalue weighted by molar-refractivity contribution is 0.416. The Morgan fingerprint density at radius 1 is 1.47 bits per heavy atom. The number of hydrogen-bond donors (Lipinski definition) is 1. The third-order valence-corrected chi connectivity index (χ3v) is 3.35. The van der Waals surface area contributed by atoms with E-state index in [-0.39, 0.29) is 5.41 Å². The molecule has 0 bridgehead atoms. The van der Waals surface area contributed by atoms with Gasteiger partial charge < -0.3 is 5.32 Å². The molecule has 0 fully saturated rings. The third kappa shape index (κ3) is 4.89. The molecule has 0 amide bonds. The summed E-state index contributed by atoms with van der Waals surface area (Å²) in [5, 5.41) is 12.4. The zero-order valence-corrected chi connectivity index (χ0v) is 12.2. The number of halogens is 1. The van der Waals surface area contributed by atoms with Crippen LogP contribution in [0.2, 0.25) is 0 Å². The Kier molecular flexibility index (Phi) is 5.17. The van der Waals surface area contributed by atoms with Crippen LogP contribution < -0.4 is 5.32 Å². The van der Waals surface area contributed by atoms with Crippen LogP contribution in [0.1, 0.15) is 38.8 Å². The molecule has 17 heavy (non-hydrogen) atoms. The summed E-state index contributed by atoms with van der Waals surface area (Å²) >= 11 is 3.47. The van der Waals surface area contributed by atoms with Crippen molar-refractivity contribution in [3.63, 3.8) is 0 Å². The lowest BCUT2D eigenvalue weighted by Crippen LogP contribution is -2.24. The Balaban J connectivity index is 2.46. The number of nitrogens with zero attached hydrogens (tertiary/aromatic N) is 1. The van der Waals surface area contributed by atoms with E-state index in [1.54, 1.807) is 0 Å². The fourth-order valence-electron chi connectivity index (χ4n) is 1.55. The highest BCUT2D eigenvalue weighted by molar-refractivity contribution is 9.10.